The lowest BCUT2D eigenvalue weighted by atomic mass is 10.1. The van der Waals surface area contributed by atoms with E-state index in [2.05, 4.69) is 31.2 Å². The lowest BCUT2D eigenvalue weighted by Crippen LogP contribution is -2.15. The Labute approximate surface area is 112 Å². The highest BCUT2D eigenvalue weighted by Crippen LogP contribution is 2.11. The van der Waals surface area contributed by atoms with E-state index < -0.39 is 0 Å². The molecule has 0 aliphatic rings. The van der Waals surface area contributed by atoms with Crippen LogP contribution in [0.15, 0.2) is 41.3 Å². The summed E-state index contributed by atoms with van der Waals surface area (Å²) in [6.45, 7) is 0. The Bertz CT molecular complexity index is 491. The van der Waals surface area contributed by atoms with Crippen molar-refractivity contribution in [2.45, 2.75) is 6.42 Å². The monoisotopic (exact) mass is 307 g/mol. The summed E-state index contributed by atoms with van der Waals surface area (Å²) in [5, 5.41) is 11.8. The van der Waals surface area contributed by atoms with Crippen LogP contribution >= 0.6 is 15.9 Å². The third kappa shape index (κ3) is 3.53. The molecule has 2 N–H and O–H groups in total. The number of amides is 1. The topological polar surface area (TPSA) is 75.1 Å². The number of phenols is 1. The van der Waals surface area contributed by atoms with E-state index in [1.807, 2.05) is 0 Å². The number of carbonyl (C=O) groups is 1. The van der Waals surface area contributed by atoms with Gasteiger partial charge in [0.1, 0.15) is 10.4 Å². The van der Waals surface area contributed by atoms with Crippen molar-refractivity contribution in [1.29, 1.82) is 0 Å². The van der Waals surface area contributed by atoms with Gasteiger partial charge < -0.3 is 10.4 Å². The summed E-state index contributed by atoms with van der Waals surface area (Å²) in [5.74, 6) is 0.400. The minimum absolute atomic E-state index is 0.179. The number of hydrogen-bond acceptors (Lipinski definition) is 4. The number of phenolic OH excluding ortho intramolecular Hbond substituents is 1. The fourth-order valence-corrected chi connectivity index (χ4v) is 1.57. The predicted molar refractivity (Wildman–Crippen MR) is 70.2 cm³/mol. The number of anilines is 1. The van der Waals surface area contributed by atoms with Crippen LogP contribution in [0.2, 0.25) is 0 Å². The maximum atomic E-state index is 11.7. The van der Waals surface area contributed by atoms with Gasteiger partial charge in [0.2, 0.25) is 5.91 Å². The summed E-state index contributed by atoms with van der Waals surface area (Å²) in [4.78, 5) is 19.6. The van der Waals surface area contributed by atoms with Crippen LogP contribution in [0.1, 0.15) is 5.56 Å². The second-order valence-electron chi connectivity index (χ2n) is 3.62. The zero-order valence-electron chi connectivity index (χ0n) is 9.30. The third-order valence-corrected chi connectivity index (χ3v) is 2.60. The van der Waals surface area contributed by atoms with Crippen LogP contribution in [0.4, 0.5) is 5.82 Å². The van der Waals surface area contributed by atoms with Gasteiger partial charge in [0.05, 0.1) is 18.8 Å². The van der Waals surface area contributed by atoms with Crippen LogP contribution in [0, 0.1) is 0 Å². The molecule has 1 heterocycles. The van der Waals surface area contributed by atoms with Crippen molar-refractivity contribution in [3.05, 3.63) is 46.8 Å². The summed E-state index contributed by atoms with van der Waals surface area (Å²) in [6, 6.07) is 6.48. The normalized spacial score (nSPS) is 10.1. The summed E-state index contributed by atoms with van der Waals surface area (Å²) < 4.78 is 0.610. The second kappa shape index (κ2) is 5.59. The predicted octanol–water partition coefficient (Wildman–Crippen LogP) is 2.13. The van der Waals surface area contributed by atoms with Crippen molar-refractivity contribution in [3.8, 4) is 5.75 Å². The summed E-state index contributed by atoms with van der Waals surface area (Å²) in [5.41, 5.74) is 0.815. The van der Waals surface area contributed by atoms with E-state index in [0.29, 0.717) is 10.4 Å². The molecule has 0 spiro atoms. The van der Waals surface area contributed by atoms with Crippen LogP contribution in [0.3, 0.4) is 0 Å². The van der Waals surface area contributed by atoms with Gasteiger partial charge in [-0.15, -0.1) is 0 Å². The summed E-state index contributed by atoms with van der Waals surface area (Å²) >= 11 is 3.16. The lowest BCUT2D eigenvalue weighted by molar-refractivity contribution is -0.115. The molecule has 5 nitrogen and oxygen atoms in total. The van der Waals surface area contributed by atoms with Gasteiger partial charge >= 0.3 is 0 Å². The second-order valence-corrected chi connectivity index (χ2v) is 4.43. The number of halogens is 1. The minimum Gasteiger partial charge on any atom is -0.508 e. The average Bonchev–Trinajstić information content (AvgIpc) is 2.35. The molecule has 92 valence electrons. The third-order valence-electron chi connectivity index (χ3n) is 2.19. The van der Waals surface area contributed by atoms with Gasteiger partial charge in [0, 0.05) is 0 Å². The molecular formula is C12H10BrN3O2. The van der Waals surface area contributed by atoms with Gasteiger partial charge in [0.25, 0.3) is 0 Å². The Hall–Kier alpha value is -1.95. The van der Waals surface area contributed by atoms with Crippen molar-refractivity contribution in [3.63, 3.8) is 0 Å². The molecule has 18 heavy (non-hydrogen) atoms. The Morgan fingerprint density at radius 3 is 2.56 bits per heavy atom. The molecule has 2 aromatic rings. The smallest absolute Gasteiger partial charge is 0.229 e. The first-order valence-electron chi connectivity index (χ1n) is 5.19. The first-order chi connectivity index (χ1) is 8.63. The van der Waals surface area contributed by atoms with E-state index >= 15 is 0 Å². The van der Waals surface area contributed by atoms with Crippen molar-refractivity contribution in [2.24, 2.45) is 0 Å². The molecule has 1 aromatic heterocycles. The molecule has 0 bridgehead atoms. The first kappa shape index (κ1) is 12.5. The number of carbonyl (C=O) groups excluding carboxylic acids is 1. The number of nitrogens with one attached hydrogen (secondary N) is 1. The molecule has 0 atom stereocenters. The van der Waals surface area contributed by atoms with Crippen molar-refractivity contribution in [1.82, 2.24) is 9.97 Å². The van der Waals surface area contributed by atoms with Crippen LogP contribution in [-0.4, -0.2) is 21.0 Å². The van der Waals surface area contributed by atoms with E-state index in [9.17, 15) is 4.79 Å². The lowest BCUT2D eigenvalue weighted by Gasteiger charge is -2.04. The number of rotatable bonds is 3. The number of benzene rings is 1. The standard InChI is InChI=1S/C12H10BrN3O2/c13-10-6-15-11(7-14-10)16-12(18)5-8-1-3-9(17)4-2-8/h1-4,6-7,17H,5H2,(H,15,16,18). The molecule has 0 fully saturated rings. The van der Waals surface area contributed by atoms with E-state index in [1.54, 1.807) is 24.3 Å². The Morgan fingerprint density at radius 2 is 1.94 bits per heavy atom. The van der Waals surface area contributed by atoms with Gasteiger partial charge in [-0.2, -0.15) is 0 Å². The van der Waals surface area contributed by atoms with Crippen LogP contribution in [-0.2, 0) is 11.2 Å². The molecule has 0 radical (unpaired) electrons. The van der Waals surface area contributed by atoms with E-state index in [4.69, 9.17) is 5.11 Å². The molecule has 0 unspecified atom stereocenters. The highest BCUT2D eigenvalue weighted by atomic mass is 79.9. The fourth-order valence-electron chi connectivity index (χ4n) is 1.36. The molecule has 0 saturated carbocycles. The average molecular weight is 308 g/mol. The van der Waals surface area contributed by atoms with E-state index in [0.717, 1.165) is 5.56 Å². The van der Waals surface area contributed by atoms with Crippen LogP contribution < -0.4 is 5.32 Å². The largest absolute Gasteiger partial charge is 0.508 e. The number of hydrogen-bond donors (Lipinski definition) is 2. The number of nitrogens with zero attached hydrogens (tertiary/aromatic N) is 2. The first-order valence-corrected chi connectivity index (χ1v) is 5.98. The molecule has 6 heteroatoms. The highest BCUT2D eigenvalue weighted by molar-refractivity contribution is 9.10. The fraction of sp³-hybridized carbons (Fsp3) is 0.0833. The van der Waals surface area contributed by atoms with E-state index in [-0.39, 0.29) is 18.1 Å². The molecule has 1 amide bonds. The highest BCUT2D eigenvalue weighted by Gasteiger charge is 2.05. The van der Waals surface area contributed by atoms with Gasteiger partial charge in [-0.1, -0.05) is 12.1 Å². The summed E-state index contributed by atoms with van der Waals surface area (Å²) in [6.07, 6.45) is 3.20. The van der Waals surface area contributed by atoms with Gasteiger partial charge in [-0.3, -0.25) is 4.79 Å². The van der Waals surface area contributed by atoms with Crippen molar-refractivity contribution in [2.75, 3.05) is 5.32 Å². The molecule has 0 aliphatic carbocycles. The van der Waals surface area contributed by atoms with Gasteiger partial charge in [0.15, 0.2) is 5.82 Å². The van der Waals surface area contributed by atoms with Gasteiger partial charge in [-0.25, -0.2) is 9.97 Å². The Kier molecular flexibility index (Phi) is 3.88. The van der Waals surface area contributed by atoms with Crippen molar-refractivity contribution < 1.29 is 9.90 Å². The summed E-state index contributed by atoms with van der Waals surface area (Å²) in [7, 11) is 0. The molecular weight excluding hydrogens is 298 g/mol. The molecule has 2 rings (SSSR count). The van der Waals surface area contributed by atoms with Crippen LogP contribution in [0.25, 0.3) is 0 Å². The van der Waals surface area contributed by atoms with Crippen molar-refractivity contribution >= 4 is 27.7 Å². The Morgan fingerprint density at radius 1 is 1.22 bits per heavy atom. The quantitative estimate of drug-likeness (QED) is 0.911. The van der Waals surface area contributed by atoms with E-state index in [1.165, 1.54) is 12.4 Å². The number of aromatic nitrogens is 2. The number of aromatic hydroxyl groups is 1. The zero-order valence-corrected chi connectivity index (χ0v) is 10.9. The zero-order chi connectivity index (χ0) is 13.0. The SMILES string of the molecule is O=C(Cc1ccc(O)cc1)Nc1cnc(Br)cn1. The minimum atomic E-state index is -0.183. The maximum absolute atomic E-state index is 11.7. The maximum Gasteiger partial charge on any atom is 0.229 e. The van der Waals surface area contributed by atoms with Gasteiger partial charge in [-0.05, 0) is 33.6 Å². The van der Waals surface area contributed by atoms with Crippen LogP contribution in [0.5, 0.6) is 5.75 Å². The molecule has 0 aliphatic heterocycles. The molecule has 1 aromatic carbocycles. The Balaban J connectivity index is 1.96. The molecule has 0 saturated heterocycles.